The molecule has 0 aliphatic carbocycles. The Kier molecular flexibility index (Phi) is 3.93. The molecule has 17 heavy (non-hydrogen) atoms. The molecule has 0 radical (unpaired) electrons. The van der Waals surface area contributed by atoms with E-state index >= 15 is 0 Å². The quantitative estimate of drug-likeness (QED) is 0.804. The fourth-order valence-corrected chi connectivity index (χ4v) is 1.96. The number of ether oxygens (including phenoxy) is 1. The molecule has 1 atom stereocenters. The summed E-state index contributed by atoms with van der Waals surface area (Å²) >= 11 is 0. The van der Waals surface area contributed by atoms with Crippen molar-refractivity contribution in [1.29, 1.82) is 0 Å². The summed E-state index contributed by atoms with van der Waals surface area (Å²) in [5.41, 5.74) is 0.487. The summed E-state index contributed by atoms with van der Waals surface area (Å²) in [5, 5.41) is 6.25. The van der Waals surface area contributed by atoms with Crippen molar-refractivity contribution in [2.24, 2.45) is 0 Å². The van der Waals surface area contributed by atoms with Crippen LogP contribution in [0.15, 0.2) is 18.3 Å². The molecule has 1 aliphatic heterocycles. The number of rotatable bonds is 3. The zero-order valence-electron chi connectivity index (χ0n) is 9.90. The van der Waals surface area contributed by atoms with Gasteiger partial charge in [-0.2, -0.15) is 0 Å². The number of piperidine rings is 1. The number of nitrogens with zero attached hydrogens (tertiary/aromatic N) is 1. The first-order chi connectivity index (χ1) is 8.31. The number of pyridine rings is 1. The van der Waals surface area contributed by atoms with Gasteiger partial charge in [0.1, 0.15) is 5.56 Å². The first-order valence-corrected chi connectivity index (χ1v) is 5.82. The van der Waals surface area contributed by atoms with Gasteiger partial charge in [0, 0.05) is 18.8 Å². The Bertz CT molecular complexity index is 389. The fourth-order valence-electron chi connectivity index (χ4n) is 1.96. The molecule has 1 aromatic rings. The van der Waals surface area contributed by atoms with E-state index in [2.05, 4.69) is 15.6 Å². The molecule has 2 N–H and O–H groups in total. The molecule has 0 spiro atoms. The lowest BCUT2D eigenvalue weighted by Gasteiger charge is -2.23. The number of hydrogen-bond acceptors (Lipinski definition) is 4. The summed E-state index contributed by atoms with van der Waals surface area (Å²) in [4.78, 5) is 16.0. The van der Waals surface area contributed by atoms with E-state index in [1.807, 2.05) is 0 Å². The fraction of sp³-hybridized carbons (Fsp3) is 0.500. The van der Waals surface area contributed by atoms with Crippen molar-refractivity contribution < 1.29 is 9.53 Å². The van der Waals surface area contributed by atoms with Crippen LogP contribution in [0.1, 0.15) is 23.2 Å². The summed E-state index contributed by atoms with van der Waals surface area (Å²) in [6.07, 6.45) is 3.72. The molecule has 1 saturated heterocycles. The molecule has 1 amide bonds. The van der Waals surface area contributed by atoms with Crippen LogP contribution in [0.25, 0.3) is 0 Å². The van der Waals surface area contributed by atoms with E-state index in [1.165, 1.54) is 7.11 Å². The highest BCUT2D eigenvalue weighted by molar-refractivity contribution is 5.96. The normalized spacial score (nSPS) is 19.7. The standard InChI is InChI=1S/C12H17N3O2/c1-17-12-10(5-3-7-14-12)11(16)15-9-4-2-6-13-8-9/h3,5,7,9,13H,2,4,6,8H2,1H3,(H,15,16)/t9-/m0/s1. The van der Waals surface area contributed by atoms with Gasteiger partial charge in [-0.15, -0.1) is 0 Å². The van der Waals surface area contributed by atoms with Gasteiger partial charge in [-0.3, -0.25) is 4.79 Å². The van der Waals surface area contributed by atoms with Gasteiger partial charge in [-0.25, -0.2) is 4.98 Å². The van der Waals surface area contributed by atoms with Crippen molar-refractivity contribution in [2.45, 2.75) is 18.9 Å². The molecule has 0 saturated carbocycles. The molecule has 2 rings (SSSR count). The van der Waals surface area contributed by atoms with E-state index in [4.69, 9.17) is 4.74 Å². The van der Waals surface area contributed by atoms with Crippen molar-refractivity contribution >= 4 is 5.91 Å². The maximum Gasteiger partial charge on any atom is 0.257 e. The molecule has 1 aliphatic rings. The second-order valence-electron chi connectivity index (χ2n) is 4.08. The van der Waals surface area contributed by atoms with Gasteiger partial charge in [0.05, 0.1) is 7.11 Å². The Labute approximate surface area is 101 Å². The highest BCUT2D eigenvalue weighted by Crippen LogP contribution is 2.14. The van der Waals surface area contributed by atoms with Gasteiger partial charge in [-0.1, -0.05) is 0 Å². The highest BCUT2D eigenvalue weighted by Gasteiger charge is 2.18. The van der Waals surface area contributed by atoms with Crippen LogP contribution in [-0.4, -0.2) is 37.1 Å². The van der Waals surface area contributed by atoms with Gasteiger partial charge in [-0.05, 0) is 31.5 Å². The SMILES string of the molecule is COc1ncccc1C(=O)N[C@H]1CCCNC1. The lowest BCUT2D eigenvalue weighted by molar-refractivity contribution is 0.0927. The molecular formula is C12H17N3O2. The smallest absolute Gasteiger partial charge is 0.257 e. The molecular weight excluding hydrogens is 218 g/mol. The largest absolute Gasteiger partial charge is 0.480 e. The summed E-state index contributed by atoms with van der Waals surface area (Å²) in [6, 6.07) is 3.65. The Morgan fingerprint density at radius 2 is 2.53 bits per heavy atom. The van der Waals surface area contributed by atoms with Crippen LogP contribution in [0, 0.1) is 0 Å². The molecule has 0 bridgehead atoms. The van der Waals surface area contributed by atoms with E-state index < -0.39 is 0 Å². The zero-order valence-corrected chi connectivity index (χ0v) is 9.90. The van der Waals surface area contributed by atoms with E-state index in [0.29, 0.717) is 11.4 Å². The lowest BCUT2D eigenvalue weighted by Crippen LogP contribution is -2.45. The van der Waals surface area contributed by atoms with Gasteiger partial charge in [0.2, 0.25) is 5.88 Å². The third kappa shape index (κ3) is 2.94. The Balaban J connectivity index is 2.03. The Morgan fingerprint density at radius 1 is 1.65 bits per heavy atom. The maximum atomic E-state index is 12.0. The molecule has 1 fully saturated rings. The molecule has 2 heterocycles. The molecule has 0 aromatic carbocycles. The minimum atomic E-state index is -0.122. The predicted molar refractivity (Wildman–Crippen MR) is 64.1 cm³/mol. The van der Waals surface area contributed by atoms with Crippen LogP contribution in [0.2, 0.25) is 0 Å². The van der Waals surface area contributed by atoms with Crippen LogP contribution in [-0.2, 0) is 0 Å². The second-order valence-corrected chi connectivity index (χ2v) is 4.08. The number of hydrogen-bond donors (Lipinski definition) is 2. The van der Waals surface area contributed by atoms with Crippen molar-refractivity contribution in [1.82, 2.24) is 15.6 Å². The average Bonchev–Trinajstić information content (AvgIpc) is 2.40. The number of nitrogens with one attached hydrogen (secondary N) is 2. The van der Waals surface area contributed by atoms with E-state index in [1.54, 1.807) is 18.3 Å². The summed E-state index contributed by atoms with van der Waals surface area (Å²) in [7, 11) is 1.52. The summed E-state index contributed by atoms with van der Waals surface area (Å²) < 4.78 is 5.07. The van der Waals surface area contributed by atoms with Gasteiger partial charge < -0.3 is 15.4 Å². The maximum absolute atomic E-state index is 12.0. The lowest BCUT2D eigenvalue weighted by atomic mass is 10.1. The first-order valence-electron chi connectivity index (χ1n) is 5.82. The topological polar surface area (TPSA) is 63.2 Å². The van der Waals surface area contributed by atoms with Crippen LogP contribution < -0.4 is 15.4 Å². The number of aromatic nitrogens is 1. The third-order valence-corrected chi connectivity index (χ3v) is 2.84. The third-order valence-electron chi connectivity index (χ3n) is 2.84. The minimum Gasteiger partial charge on any atom is -0.480 e. The number of carbonyl (C=O) groups excluding carboxylic acids is 1. The van der Waals surface area contributed by atoms with Crippen LogP contribution >= 0.6 is 0 Å². The van der Waals surface area contributed by atoms with Gasteiger partial charge in [0.25, 0.3) is 5.91 Å². The minimum absolute atomic E-state index is 0.122. The van der Waals surface area contributed by atoms with E-state index in [0.717, 1.165) is 25.9 Å². The molecule has 1 aromatic heterocycles. The van der Waals surface area contributed by atoms with E-state index in [-0.39, 0.29) is 11.9 Å². The average molecular weight is 235 g/mol. The van der Waals surface area contributed by atoms with Gasteiger partial charge >= 0.3 is 0 Å². The van der Waals surface area contributed by atoms with Crippen molar-refractivity contribution in [3.05, 3.63) is 23.9 Å². The van der Waals surface area contributed by atoms with Crippen LogP contribution in [0.5, 0.6) is 5.88 Å². The Morgan fingerprint density at radius 3 is 3.24 bits per heavy atom. The van der Waals surface area contributed by atoms with Crippen molar-refractivity contribution in [3.63, 3.8) is 0 Å². The highest BCUT2D eigenvalue weighted by atomic mass is 16.5. The van der Waals surface area contributed by atoms with Crippen LogP contribution in [0.3, 0.4) is 0 Å². The van der Waals surface area contributed by atoms with E-state index in [9.17, 15) is 4.79 Å². The number of methoxy groups -OCH3 is 1. The summed E-state index contributed by atoms with van der Waals surface area (Å²) in [6.45, 7) is 1.86. The molecule has 5 nitrogen and oxygen atoms in total. The van der Waals surface area contributed by atoms with Crippen molar-refractivity contribution in [2.75, 3.05) is 20.2 Å². The number of amides is 1. The van der Waals surface area contributed by atoms with Crippen LogP contribution in [0.4, 0.5) is 0 Å². The second kappa shape index (κ2) is 5.63. The number of carbonyl (C=O) groups is 1. The monoisotopic (exact) mass is 235 g/mol. The first kappa shape index (κ1) is 11.9. The zero-order chi connectivity index (χ0) is 12.1. The predicted octanol–water partition coefficient (Wildman–Crippen LogP) is 0.572. The van der Waals surface area contributed by atoms with Crippen molar-refractivity contribution in [3.8, 4) is 5.88 Å². The molecule has 92 valence electrons. The molecule has 5 heteroatoms. The van der Waals surface area contributed by atoms with Gasteiger partial charge in [0.15, 0.2) is 0 Å². The molecule has 0 unspecified atom stereocenters. The Hall–Kier alpha value is -1.62. The summed E-state index contributed by atoms with van der Waals surface area (Å²) in [5.74, 6) is 0.248.